The normalized spacial score (nSPS) is 30.4. The summed E-state index contributed by atoms with van der Waals surface area (Å²) in [5.74, 6) is 0. The summed E-state index contributed by atoms with van der Waals surface area (Å²) < 4.78 is 48.7. The van der Waals surface area contributed by atoms with Crippen molar-refractivity contribution >= 4 is 39.5 Å². The molecule has 0 saturated heterocycles. The van der Waals surface area contributed by atoms with Crippen molar-refractivity contribution in [1.82, 2.24) is 0 Å². The molecular weight excluding hydrogens is 563 g/mol. The number of benzene rings is 1. The average molecular weight is 585 g/mol. The highest BCUT2D eigenvalue weighted by atomic mass is 32.7. The van der Waals surface area contributed by atoms with Crippen LogP contribution in [0.1, 0.15) is 17.7 Å². The maximum absolute atomic E-state index is 12.8. The van der Waals surface area contributed by atoms with E-state index in [2.05, 4.69) is 9.05 Å². The fourth-order valence-electron chi connectivity index (χ4n) is 3.29. The highest BCUT2D eigenvalue weighted by Crippen LogP contribution is 2.64. The first-order chi connectivity index (χ1) is 15.8. The van der Waals surface area contributed by atoms with Gasteiger partial charge in [-0.25, -0.2) is 13.7 Å². The molecule has 8 N–H and O–H groups in total. The van der Waals surface area contributed by atoms with Crippen LogP contribution in [0.25, 0.3) is 0 Å². The van der Waals surface area contributed by atoms with Gasteiger partial charge in [-0.2, -0.15) is 0 Å². The van der Waals surface area contributed by atoms with Gasteiger partial charge in [0.25, 0.3) is 5.69 Å². The van der Waals surface area contributed by atoms with E-state index in [-0.39, 0.29) is 16.9 Å². The maximum Gasteiger partial charge on any atom is 0.470 e. The Morgan fingerprint density at radius 3 is 1.83 bits per heavy atom. The van der Waals surface area contributed by atoms with Crippen molar-refractivity contribution in [1.29, 1.82) is 0 Å². The number of phosphoric ester groups is 2. The lowest BCUT2D eigenvalue weighted by Gasteiger charge is -2.44. The zero-order chi connectivity index (χ0) is 26.9. The molecule has 2 rings (SSSR count). The Hall–Kier alpha value is -0.780. The van der Waals surface area contributed by atoms with Crippen LogP contribution in [-0.2, 0) is 27.3 Å². The fourth-order valence-corrected chi connectivity index (χ4v) is 7.72. The summed E-state index contributed by atoms with van der Waals surface area (Å²) >= 11 is 0.104. The fraction of sp³-hybridized carbons (Fsp3) is 0.571. The van der Waals surface area contributed by atoms with Crippen LogP contribution in [-0.4, -0.2) is 81.3 Å². The Kier molecular flexibility index (Phi) is 9.84. The minimum Gasteiger partial charge on any atom is -0.387 e. The molecule has 1 fully saturated rings. The van der Waals surface area contributed by atoms with Crippen molar-refractivity contribution < 1.29 is 72.0 Å². The van der Waals surface area contributed by atoms with Gasteiger partial charge >= 0.3 is 22.4 Å². The van der Waals surface area contributed by atoms with Crippen LogP contribution in [0.4, 0.5) is 5.69 Å². The van der Waals surface area contributed by atoms with Crippen LogP contribution in [0.15, 0.2) is 24.3 Å². The Labute approximate surface area is 200 Å². The lowest BCUT2D eigenvalue weighted by molar-refractivity contribution is -0.385. The molecule has 1 aromatic rings. The number of nitro groups is 1. The molecule has 1 aromatic carbocycles. The molecule has 21 heteroatoms. The van der Waals surface area contributed by atoms with E-state index in [4.69, 9.17) is 24.1 Å². The zero-order valence-electron chi connectivity index (χ0n) is 17.4. The molecular formula is C14H22NO16P3S. The van der Waals surface area contributed by atoms with E-state index in [1.54, 1.807) is 0 Å². The molecule has 1 aliphatic rings. The highest BCUT2D eigenvalue weighted by Gasteiger charge is 2.56. The molecule has 0 bridgehead atoms. The summed E-state index contributed by atoms with van der Waals surface area (Å²) in [5.41, 5.74) is -0.410. The van der Waals surface area contributed by atoms with Gasteiger partial charge in [0, 0.05) is 16.9 Å². The summed E-state index contributed by atoms with van der Waals surface area (Å²) in [6, 6.07) is 5.18. The highest BCUT2D eigenvalue weighted by molar-refractivity contribution is 8.54. The van der Waals surface area contributed by atoms with Gasteiger partial charge in [-0.15, -0.1) is 0 Å². The van der Waals surface area contributed by atoms with E-state index in [9.17, 15) is 44.0 Å². The van der Waals surface area contributed by atoms with E-state index >= 15 is 0 Å². The molecule has 0 spiro atoms. The molecule has 8 atom stereocenters. The lowest BCUT2D eigenvalue weighted by Crippen LogP contribution is -2.65. The number of phosphoric acid groups is 2. The molecule has 35 heavy (non-hydrogen) atoms. The van der Waals surface area contributed by atoms with Crippen LogP contribution < -0.4 is 0 Å². The summed E-state index contributed by atoms with van der Waals surface area (Å²) in [4.78, 5) is 57.1. The van der Waals surface area contributed by atoms with Gasteiger partial charge in [-0.05, 0) is 18.3 Å². The standard InChI is InChI=1S/C14H22NO16P3S/c1-6(7-4-2-3-5-8(7)15(19)20)35-34(27,28)31-14-11(18)12(29-32(21,22)23)9(16)10(17)13(14)30-33(24,25)26/h2-6,9-14,16-18H,1H3,(H,27,28)(H2,21,22,23)(H2,24,25,26)/t6-,9+,10-,11-,12+,13+,14+/m1/s1. The third-order valence-electron chi connectivity index (χ3n) is 4.66. The van der Waals surface area contributed by atoms with Crippen LogP contribution in [0.3, 0.4) is 0 Å². The second kappa shape index (κ2) is 11.3. The summed E-state index contributed by atoms with van der Waals surface area (Å²) in [6.45, 7) is -3.75. The molecule has 0 heterocycles. The quantitative estimate of drug-likeness (QED) is 0.101. The molecule has 0 radical (unpaired) electrons. The Bertz CT molecular complexity index is 1060. The number of nitrogens with zero attached hydrogens (tertiary/aromatic N) is 1. The number of nitro benzene ring substituents is 1. The van der Waals surface area contributed by atoms with E-state index < -0.39 is 74.9 Å². The van der Waals surface area contributed by atoms with Crippen LogP contribution in [0, 0.1) is 10.1 Å². The predicted octanol–water partition coefficient (Wildman–Crippen LogP) is -0.0733. The lowest BCUT2D eigenvalue weighted by atomic mass is 9.85. The van der Waals surface area contributed by atoms with E-state index in [1.165, 1.54) is 25.1 Å². The monoisotopic (exact) mass is 585 g/mol. The number of para-hydroxylation sites is 1. The van der Waals surface area contributed by atoms with E-state index in [0.717, 1.165) is 6.07 Å². The number of rotatable bonds is 10. The first-order valence-electron chi connectivity index (χ1n) is 9.28. The van der Waals surface area contributed by atoms with Crippen molar-refractivity contribution in [2.45, 2.75) is 48.8 Å². The first kappa shape index (κ1) is 30.4. The van der Waals surface area contributed by atoms with Crippen molar-refractivity contribution in [3.05, 3.63) is 39.9 Å². The number of hydrogen-bond acceptors (Lipinski definition) is 12. The minimum absolute atomic E-state index is 0.00856. The first-order valence-corrected chi connectivity index (χ1v) is 15.4. The van der Waals surface area contributed by atoms with Gasteiger partial charge in [-0.1, -0.05) is 18.2 Å². The molecule has 0 aliphatic heterocycles. The molecule has 1 unspecified atom stereocenters. The third-order valence-corrected chi connectivity index (χ3v) is 9.04. The van der Waals surface area contributed by atoms with Gasteiger partial charge in [0.2, 0.25) is 0 Å². The van der Waals surface area contributed by atoms with Crippen molar-refractivity contribution in [2.75, 3.05) is 0 Å². The maximum atomic E-state index is 12.8. The molecule has 1 saturated carbocycles. The largest absolute Gasteiger partial charge is 0.470 e. The van der Waals surface area contributed by atoms with Crippen molar-refractivity contribution in [3.8, 4) is 0 Å². The molecule has 0 aromatic heterocycles. The van der Waals surface area contributed by atoms with Crippen LogP contribution >= 0.6 is 33.8 Å². The summed E-state index contributed by atoms with van der Waals surface area (Å²) in [5, 5.41) is 40.9. The van der Waals surface area contributed by atoms with E-state index in [0.29, 0.717) is 0 Å². The average Bonchev–Trinajstić information content (AvgIpc) is 2.70. The molecule has 17 nitrogen and oxygen atoms in total. The Balaban J connectivity index is 2.38. The summed E-state index contributed by atoms with van der Waals surface area (Å²) in [6.07, 6.45) is -14.4. The van der Waals surface area contributed by atoms with E-state index in [1.807, 2.05) is 0 Å². The zero-order valence-corrected chi connectivity index (χ0v) is 20.9. The van der Waals surface area contributed by atoms with Gasteiger partial charge in [-0.3, -0.25) is 23.7 Å². The number of aliphatic hydroxyl groups is 3. The Morgan fingerprint density at radius 2 is 1.31 bits per heavy atom. The molecule has 1 aliphatic carbocycles. The Morgan fingerprint density at radius 1 is 0.857 bits per heavy atom. The smallest absolute Gasteiger partial charge is 0.387 e. The number of hydrogen-bond donors (Lipinski definition) is 8. The third kappa shape index (κ3) is 8.36. The van der Waals surface area contributed by atoms with Gasteiger partial charge in [0.05, 0.1) is 4.92 Å². The van der Waals surface area contributed by atoms with Gasteiger partial charge in [0.15, 0.2) is 0 Å². The van der Waals surface area contributed by atoms with Crippen LogP contribution in [0.2, 0.25) is 0 Å². The number of aliphatic hydroxyl groups excluding tert-OH is 3. The topological polar surface area (TPSA) is 284 Å². The van der Waals surface area contributed by atoms with Gasteiger partial charge < -0.3 is 39.8 Å². The van der Waals surface area contributed by atoms with Gasteiger partial charge in [0.1, 0.15) is 36.6 Å². The molecule has 0 amide bonds. The van der Waals surface area contributed by atoms with Crippen molar-refractivity contribution in [2.24, 2.45) is 0 Å². The second-order valence-corrected chi connectivity index (χ2v) is 13.7. The predicted molar refractivity (Wildman–Crippen MR) is 116 cm³/mol. The summed E-state index contributed by atoms with van der Waals surface area (Å²) in [7, 11) is -10.9. The minimum atomic E-state index is -5.49. The second-order valence-electron chi connectivity index (χ2n) is 7.20. The van der Waals surface area contributed by atoms with Crippen LogP contribution in [0.5, 0.6) is 0 Å². The SMILES string of the molecule is C[C@@H](SP(=O)(O)O[C@H]1[C@H](O)[C@@H](OP(=O)(O)O)[C@@H](O)[C@@H](O)[C@@H]1OP(=O)(O)O)c1ccccc1[N+](=O)[O-]. The molecule has 200 valence electrons. The van der Waals surface area contributed by atoms with Crippen molar-refractivity contribution in [3.63, 3.8) is 0 Å².